The Hall–Kier alpha value is -3.90. The summed E-state index contributed by atoms with van der Waals surface area (Å²) in [6.45, 7) is 4.54. The zero-order valence-electron chi connectivity index (χ0n) is 19.4. The number of nitrogens with zero attached hydrogens (tertiary/aromatic N) is 2. The number of benzene rings is 3. The predicted octanol–water partition coefficient (Wildman–Crippen LogP) is 6.56. The molecule has 2 heterocycles. The van der Waals surface area contributed by atoms with Crippen LogP contribution in [0.15, 0.2) is 71.8 Å². The number of fused-ring (bicyclic) bond motifs is 2. The third-order valence-electron chi connectivity index (χ3n) is 6.21. The molecule has 1 aromatic heterocycles. The molecule has 7 heteroatoms. The van der Waals surface area contributed by atoms with Crippen molar-refractivity contribution in [2.45, 2.75) is 26.2 Å². The zero-order chi connectivity index (χ0) is 24.4. The highest BCUT2D eigenvalue weighted by Crippen LogP contribution is 2.36. The van der Waals surface area contributed by atoms with Gasteiger partial charge in [0, 0.05) is 22.6 Å². The van der Waals surface area contributed by atoms with Crippen LogP contribution in [0.2, 0.25) is 5.02 Å². The summed E-state index contributed by atoms with van der Waals surface area (Å²) in [6.07, 6.45) is 2.57. The van der Waals surface area contributed by atoms with Gasteiger partial charge in [-0.25, -0.2) is 10.4 Å². The molecule has 1 N–H and O–H groups in total. The lowest BCUT2D eigenvalue weighted by atomic mass is 9.96. The van der Waals surface area contributed by atoms with Crippen molar-refractivity contribution in [2.75, 3.05) is 6.79 Å². The van der Waals surface area contributed by atoms with Gasteiger partial charge in [0.25, 0.3) is 5.91 Å². The first-order valence-corrected chi connectivity index (χ1v) is 11.8. The molecule has 3 aromatic carbocycles. The summed E-state index contributed by atoms with van der Waals surface area (Å²) in [6, 6.07) is 21.1. The zero-order valence-corrected chi connectivity index (χ0v) is 20.2. The van der Waals surface area contributed by atoms with Crippen LogP contribution in [0.1, 0.15) is 47.7 Å². The number of halogens is 1. The standard InChI is InChI=1S/C28H24ClN3O3/c1-3-17(2)18-8-10-19(11-9-18)25-13-22(21-6-4-5-7-24(21)31-25)28(33)32-30-15-20-12-26-27(14-23(20)29)35-16-34-26/h4-15,17H,3,16H2,1-2H3,(H,32,33)/b30-15+. The minimum Gasteiger partial charge on any atom is -0.454 e. The maximum Gasteiger partial charge on any atom is 0.272 e. The number of carbonyl (C=O) groups is 1. The fourth-order valence-electron chi connectivity index (χ4n) is 3.98. The fraction of sp³-hybridized carbons (Fsp3) is 0.179. The van der Waals surface area contributed by atoms with Gasteiger partial charge in [0.15, 0.2) is 11.5 Å². The normalized spacial score (nSPS) is 13.3. The first-order chi connectivity index (χ1) is 17.0. The Bertz CT molecular complexity index is 1430. The van der Waals surface area contributed by atoms with Crippen molar-refractivity contribution in [2.24, 2.45) is 5.10 Å². The quantitative estimate of drug-likeness (QED) is 0.248. The van der Waals surface area contributed by atoms with Crippen LogP contribution in [-0.2, 0) is 0 Å². The molecule has 1 amide bonds. The van der Waals surface area contributed by atoms with Gasteiger partial charge in [-0.15, -0.1) is 0 Å². The smallest absolute Gasteiger partial charge is 0.272 e. The Kier molecular flexibility index (Phi) is 6.38. The summed E-state index contributed by atoms with van der Waals surface area (Å²) in [5.74, 6) is 1.33. The van der Waals surface area contributed by atoms with E-state index in [0.29, 0.717) is 33.6 Å². The summed E-state index contributed by atoms with van der Waals surface area (Å²) in [5, 5.41) is 5.33. The Labute approximate surface area is 208 Å². The maximum absolute atomic E-state index is 13.2. The summed E-state index contributed by atoms with van der Waals surface area (Å²) >= 11 is 6.30. The molecule has 5 rings (SSSR count). The molecule has 0 bridgehead atoms. The largest absolute Gasteiger partial charge is 0.454 e. The van der Waals surface area contributed by atoms with Gasteiger partial charge in [0.1, 0.15) is 0 Å². The molecule has 0 spiro atoms. The minimum atomic E-state index is -0.339. The fourth-order valence-corrected chi connectivity index (χ4v) is 4.18. The number of aromatic nitrogens is 1. The maximum atomic E-state index is 13.2. The second-order valence-corrected chi connectivity index (χ2v) is 8.84. The van der Waals surface area contributed by atoms with Gasteiger partial charge in [0.2, 0.25) is 6.79 Å². The van der Waals surface area contributed by atoms with Crippen LogP contribution in [0.4, 0.5) is 0 Å². The first-order valence-electron chi connectivity index (χ1n) is 11.5. The highest BCUT2D eigenvalue weighted by Gasteiger charge is 2.17. The summed E-state index contributed by atoms with van der Waals surface area (Å²) in [4.78, 5) is 18.0. The number of pyridine rings is 1. The van der Waals surface area contributed by atoms with Crippen molar-refractivity contribution < 1.29 is 14.3 Å². The molecule has 1 atom stereocenters. The van der Waals surface area contributed by atoms with Crippen molar-refractivity contribution in [3.63, 3.8) is 0 Å². The molecule has 35 heavy (non-hydrogen) atoms. The summed E-state index contributed by atoms with van der Waals surface area (Å²) in [7, 11) is 0. The van der Waals surface area contributed by atoms with Gasteiger partial charge in [-0.1, -0.05) is 67.9 Å². The lowest BCUT2D eigenvalue weighted by Gasteiger charge is -2.11. The number of ether oxygens (including phenoxy) is 2. The molecular weight excluding hydrogens is 462 g/mol. The molecule has 1 unspecified atom stereocenters. The third-order valence-corrected chi connectivity index (χ3v) is 6.54. The Morgan fingerprint density at radius 2 is 1.86 bits per heavy atom. The van der Waals surface area contributed by atoms with Gasteiger partial charge in [-0.3, -0.25) is 4.79 Å². The molecule has 176 valence electrons. The van der Waals surface area contributed by atoms with Gasteiger partial charge in [-0.05, 0) is 36.1 Å². The van der Waals surface area contributed by atoms with E-state index in [0.717, 1.165) is 28.6 Å². The van der Waals surface area contributed by atoms with Crippen LogP contribution in [0.3, 0.4) is 0 Å². The SMILES string of the molecule is CCC(C)c1ccc(-c2cc(C(=O)N/N=C/c3cc4c(cc3Cl)OCO4)c3ccccc3n2)cc1. The summed E-state index contributed by atoms with van der Waals surface area (Å²) in [5.41, 5.74) is 7.42. The van der Waals surface area contributed by atoms with E-state index < -0.39 is 0 Å². The molecule has 0 saturated heterocycles. The summed E-state index contributed by atoms with van der Waals surface area (Å²) < 4.78 is 10.7. The van der Waals surface area contributed by atoms with E-state index in [1.807, 2.05) is 24.3 Å². The molecular formula is C28H24ClN3O3. The number of amides is 1. The number of carbonyl (C=O) groups excluding carboxylic acids is 1. The van der Waals surface area contributed by atoms with E-state index >= 15 is 0 Å². The third kappa shape index (κ3) is 4.70. The van der Waals surface area contributed by atoms with E-state index in [9.17, 15) is 4.79 Å². The molecule has 6 nitrogen and oxygen atoms in total. The Balaban J connectivity index is 1.43. The number of nitrogens with one attached hydrogen (secondary N) is 1. The van der Waals surface area contributed by atoms with Gasteiger partial charge < -0.3 is 9.47 Å². The number of hydrazone groups is 1. The number of hydrogen-bond donors (Lipinski definition) is 1. The molecule has 0 saturated carbocycles. The topological polar surface area (TPSA) is 72.8 Å². The number of hydrogen-bond acceptors (Lipinski definition) is 5. The van der Waals surface area contributed by atoms with E-state index in [1.165, 1.54) is 11.8 Å². The first kappa shape index (κ1) is 22.9. The minimum absolute atomic E-state index is 0.154. The highest BCUT2D eigenvalue weighted by molar-refractivity contribution is 6.33. The Morgan fingerprint density at radius 1 is 1.11 bits per heavy atom. The molecule has 0 aliphatic carbocycles. The van der Waals surface area contributed by atoms with Crippen molar-refractivity contribution in [1.29, 1.82) is 0 Å². The van der Waals surface area contributed by atoms with Crippen LogP contribution in [0.5, 0.6) is 11.5 Å². The van der Waals surface area contributed by atoms with Gasteiger partial charge in [-0.2, -0.15) is 5.10 Å². The van der Waals surface area contributed by atoms with Crippen LogP contribution in [-0.4, -0.2) is 23.9 Å². The van der Waals surface area contributed by atoms with Crippen molar-refractivity contribution in [3.8, 4) is 22.8 Å². The van der Waals surface area contributed by atoms with Gasteiger partial charge in [0.05, 0.1) is 28.0 Å². The van der Waals surface area contributed by atoms with Crippen molar-refractivity contribution in [1.82, 2.24) is 10.4 Å². The monoisotopic (exact) mass is 485 g/mol. The van der Waals surface area contributed by atoms with Crippen LogP contribution in [0, 0.1) is 0 Å². The van der Waals surface area contributed by atoms with E-state index in [2.05, 4.69) is 48.6 Å². The average molecular weight is 486 g/mol. The van der Waals surface area contributed by atoms with E-state index in [4.69, 9.17) is 26.1 Å². The second-order valence-electron chi connectivity index (χ2n) is 8.43. The number of para-hydroxylation sites is 1. The Morgan fingerprint density at radius 3 is 2.63 bits per heavy atom. The van der Waals surface area contributed by atoms with Crippen LogP contribution < -0.4 is 14.9 Å². The van der Waals surface area contributed by atoms with Crippen LogP contribution in [0.25, 0.3) is 22.2 Å². The highest BCUT2D eigenvalue weighted by atomic mass is 35.5. The van der Waals surface area contributed by atoms with Crippen LogP contribution >= 0.6 is 11.6 Å². The predicted molar refractivity (Wildman–Crippen MR) is 139 cm³/mol. The molecule has 4 aromatic rings. The molecule has 0 radical (unpaired) electrons. The molecule has 1 aliphatic rings. The molecule has 1 aliphatic heterocycles. The van der Waals surface area contributed by atoms with Crippen molar-refractivity contribution in [3.05, 3.63) is 88.4 Å². The number of rotatable bonds is 6. The van der Waals surface area contributed by atoms with E-state index in [1.54, 1.807) is 18.2 Å². The second kappa shape index (κ2) is 9.76. The lowest BCUT2D eigenvalue weighted by Crippen LogP contribution is -2.18. The van der Waals surface area contributed by atoms with Crippen molar-refractivity contribution >= 4 is 34.6 Å². The lowest BCUT2D eigenvalue weighted by molar-refractivity contribution is 0.0956. The van der Waals surface area contributed by atoms with E-state index in [-0.39, 0.29) is 12.7 Å². The average Bonchev–Trinajstić information content (AvgIpc) is 3.34. The van der Waals surface area contributed by atoms with Gasteiger partial charge >= 0.3 is 0 Å². The molecule has 0 fully saturated rings.